The summed E-state index contributed by atoms with van der Waals surface area (Å²) in [5, 5.41) is 10.7. The van der Waals surface area contributed by atoms with E-state index >= 15 is 0 Å². The molecule has 33 heavy (non-hydrogen) atoms. The Bertz CT molecular complexity index is 1160. The standard InChI is InChI=1S/C24H25F3N4O2/c1-14-8-17-10-16(3-7-21(17)30-22(14)28)23(33)31(12-15-2-6-20(32)9-15)13-19-5-4-18(11-29-19)24(25,26)27/h3-5,7-8,10-11,15,20,32H,2,6,9,12-13H2,1H3,(H2,28,30)/t15-,20-/m0/s1. The van der Waals surface area contributed by atoms with Crippen LogP contribution < -0.4 is 5.73 Å². The maximum atomic E-state index is 13.5. The average Bonchev–Trinajstić information content (AvgIpc) is 3.17. The van der Waals surface area contributed by atoms with E-state index in [0.29, 0.717) is 42.0 Å². The molecule has 0 radical (unpaired) electrons. The Morgan fingerprint density at radius 3 is 2.64 bits per heavy atom. The number of aliphatic hydroxyl groups is 1. The van der Waals surface area contributed by atoms with Gasteiger partial charge in [-0.1, -0.05) is 0 Å². The van der Waals surface area contributed by atoms with Crippen molar-refractivity contribution in [2.24, 2.45) is 5.92 Å². The predicted molar refractivity (Wildman–Crippen MR) is 118 cm³/mol. The summed E-state index contributed by atoms with van der Waals surface area (Å²) in [5.41, 5.74) is 7.32. The molecule has 174 valence electrons. The van der Waals surface area contributed by atoms with Crippen molar-refractivity contribution < 1.29 is 23.1 Å². The molecule has 2 aromatic heterocycles. The van der Waals surface area contributed by atoms with Gasteiger partial charge in [-0.05, 0) is 74.1 Å². The first-order valence-electron chi connectivity index (χ1n) is 10.8. The molecule has 4 rings (SSSR count). The number of carbonyl (C=O) groups excluding carboxylic acids is 1. The van der Waals surface area contributed by atoms with Crippen LogP contribution in [0.1, 0.15) is 46.4 Å². The van der Waals surface area contributed by atoms with E-state index < -0.39 is 17.8 Å². The molecular formula is C24H25F3N4O2. The largest absolute Gasteiger partial charge is 0.417 e. The van der Waals surface area contributed by atoms with Gasteiger partial charge in [-0.25, -0.2) is 4.98 Å². The average molecular weight is 458 g/mol. The summed E-state index contributed by atoms with van der Waals surface area (Å²) >= 11 is 0. The monoisotopic (exact) mass is 458 g/mol. The summed E-state index contributed by atoms with van der Waals surface area (Å²) in [7, 11) is 0. The first-order chi connectivity index (χ1) is 15.6. The molecule has 9 heteroatoms. The Morgan fingerprint density at radius 1 is 1.21 bits per heavy atom. The van der Waals surface area contributed by atoms with Gasteiger partial charge in [0.2, 0.25) is 0 Å². The number of anilines is 1. The van der Waals surface area contributed by atoms with Crippen molar-refractivity contribution in [1.29, 1.82) is 0 Å². The second kappa shape index (κ2) is 8.97. The normalized spacial score (nSPS) is 18.6. The Hall–Kier alpha value is -3.20. The van der Waals surface area contributed by atoms with Crippen LogP contribution in [0.4, 0.5) is 19.0 Å². The summed E-state index contributed by atoms with van der Waals surface area (Å²) in [5.74, 6) is 0.286. The number of hydrogen-bond acceptors (Lipinski definition) is 5. The number of nitrogens with zero attached hydrogens (tertiary/aromatic N) is 3. The molecule has 2 heterocycles. The van der Waals surface area contributed by atoms with E-state index in [0.717, 1.165) is 29.6 Å². The van der Waals surface area contributed by atoms with Gasteiger partial charge in [0, 0.05) is 23.7 Å². The van der Waals surface area contributed by atoms with Gasteiger partial charge < -0.3 is 15.7 Å². The predicted octanol–water partition coefficient (Wildman–Crippen LogP) is 4.34. The third-order valence-corrected chi connectivity index (χ3v) is 6.08. The fourth-order valence-corrected chi connectivity index (χ4v) is 4.24. The number of nitrogen functional groups attached to an aromatic ring is 1. The first-order valence-corrected chi connectivity index (χ1v) is 10.8. The van der Waals surface area contributed by atoms with Gasteiger partial charge in [0.1, 0.15) is 5.82 Å². The number of nitrogens with two attached hydrogens (primary N) is 1. The van der Waals surface area contributed by atoms with Gasteiger partial charge in [0.25, 0.3) is 5.91 Å². The summed E-state index contributed by atoms with van der Waals surface area (Å²) < 4.78 is 38.6. The Labute approximate surface area is 189 Å². The molecule has 6 nitrogen and oxygen atoms in total. The minimum absolute atomic E-state index is 0.0701. The molecular weight excluding hydrogens is 433 g/mol. The van der Waals surface area contributed by atoms with E-state index in [1.54, 1.807) is 23.1 Å². The number of alkyl halides is 3. The maximum absolute atomic E-state index is 13.5. The SMILES string of the molecule is Cc1cc2cc(C(=O)N(Cc3ccc(C(F)(F)F)cn3)C[C@H]3CC[C@H](O)C3)ccc2nc1N. The Morgan fingerprint density at radius 2 is 2.00 bits per heavy atom. The lowest BCUT2D eigenvalue weighted by molar-refractivity contribution is -0.137. The highest BCUT2D eigenvalue weighted by molar-refractivity contribution is 5.98. The molecule has 1 saturated carbocycles. The van der Waals surface area contributed by atoms with Crippen LogP contribution in [-0.2, 0) is 12.7 Å². The van der Waals surface area contributed by atoms with E-state index in [-0.39, 0.29) is 18.4 Å². The van der Waals surface area contributed by atoms with Crippen LogP contribution in [0.25, 0.3) is 10.9 Å². The van der Waals surface area contributed by atoms with Gasteiger partial charge in [-0.15, -0.1) is 0 Å². The van der Waals surface area contributed by atoms with Gasteiger partial charge in [0.05, 0.1) is 29.4 Å². The number of rotatable bonds is 5. The lowest BCUT2D eigenvalue weighted by Gasteiger charge is -2.26. The number of pyridine rings is 2. The van der Waals surface area contributed by atoms with Crippen LogP contribution in [0.15, 0.2) is 42.6 Å². The first kappa shape index (κ1) is 23.0. The highest BCUT2D eigenvalue weighted by Gasteiger charge is 2.31. The number of aliphatic hydroxyl groups excluding tert-OH is 1. The summed E-state index contributed by atoms with van der Waals surface area (Å²) in [4.78, 5) is 23.3. The number of amides is 1. The van der Waals surface area contributed by atoms with Crippen molar-refractivity contribution in [1.82, 2.24) is 14.9 Å². The highest BCUT2D eigenvalue weighted by atomic mass is 19.4. The van der Waals surface area contributed by atoms with Crippen molar-refractivity contribution in [3.8, 4) is 0 Å². The fourth-order valence-electron chi connectivity index (χ4n) is 4.24. The fraction of sp³-hybridized carbons (Fsp3) is 0.375. The van der Waals surface area contributed by atoms with Crippen molar-refractivity contribution in [3.05, 3.63) is 65.0 Å². The molecule has 1 aliphatic carbocycles. The number of benzene rings is 1. The number of aromatic nitrogens is 2. The molecule has 1 aliphatic rings. The third kappa shape index (κ3) is 5.24. The summed E-state index contributed by atoms with van der Waals surface area (Å²) in [6, 6.07) is 9.27. The van der Waals surface area contributed by atoms with Gasteiger partial charge in [-0.2, -0.15) is 13.2 Å². The van der Waals surface area contributed by atoms with E-state index in [1.165, 1.54) is 6.07 Å². The lowest BCUT2D eigenvalue weighted by atomic mass is 10.0. The minimum Gasteiger partial charge on any atom is -0.393 e. The summed E-state index contributed by atoms with van der Waals surface area (Å²) in [6.45, 7) is 2.29. The number of fused-ring (bicyclic) bond motifs is 1. The molecule has 0 spiro atoms. The maximum Gasteiger partial charge on any atom is 0.417 e. The zero-order valence-electron chi connectivity index (χ0n) is 18.1. The quantitative estimate of drug-likeness (QED) is 0.593. The van der Waals surface area contributed by atoms with Crippen molar-refractivity contribution in [2.45, 2.75) is 45.0 Å². The van der Waals surface area contributed by atoms with Crippen molar-refractivity contribution in [2.75, 3.05) is 12.3 Å². The van der Waals surface area contributed by atoms with Crippen molar-refractivity contribution in [3.63, 3.8) is 0 Å². The van der Waals surface area contributed by atoms with E-state index in [2.05, 4.69) is 9.97 Å². The van der Waals surface area contributed by atoms with Crippen LogP contribution in [-0.4, -0.2) is 38.5 Å². The number of hydrogen-bond donors (Lipinski definition) is 2. The number of aryl methyl sites for hydroxylation is 1. The molecule has 0 saturated heterocycles. The van der Waals surface area contributed by atoms with Gasteiger partial charge in [-0.3, -0.25) is 9.78 Å². The van der Waals surface area contributed by atoms with Crippen LogP contribution >= 0.6 is 0 Å². The number of halogens is 3. The molecule has 3 N–H and O–H groups in total. The molecule has 2 atom stereocenters. The van der Waals surface area contributed by atoms with E-state index in [9.17, 15) is 23.1 Å². The van der Waals surface area contributed by atoms with Crippen LogP contribution in [0.3, 0.4) is 0 Å². The molecule has 0 bridgehead atoms. The molecule has 1 aromatic carbocycles. The smallest absolute Gasteiger partial charge is 0.393 e. The zero-order chi connectivity index (χ0) is 23.8. The van der Waals surface area contributed by atoms with Gasteiger partial charge >= 0.3 is 6.18 Å². The van der Waals surface area contributed by atoms with E-state index in [1.807, 2.05) is 13.0 Å². The minimum atomic E-state index is -4.47. The summed E-state index contributed by atoms with van der Waals surface area (Å²) in [6.07, 6.45) is -2.03. The second-order valence-electron chi connectivity index (χ2n) is 8.65. The van der Waals surface area contributed by atoms with Gasteiger partial charge in [0.15, 0.2) is 0 Å². The van der Waals surface area contributed by atoms with Crippen LogP contribution in [0, 0.1) is 12.8 Å². The van der Waals surface area contributed by atoms with Crippen LogP contribution in [0.2, 0.25) is 0 Å². The molecule has 1 fully saturated rings. The second-order valence-corrected chi connectivity index (χ2v) is 8.65. The van der Waals surface area contributed by atoms with Crippen LogP contribution in [0.5, 0.6) is 0 Å². The molecule has 1 amide bonds. The Kier molecular flexibility index (Phi) is 6.25. The molecule has 0 aliphatic heterocycles. The molecule has 0 unspecified atom stereocenters. The zero-order valence-corrected chi connectivity index (χ0v) is 18.1. The van der Waals surface area contributed by atoms with E-state index in [4.69, 9.17) is 5.73 Å². The molecule has 3 aromatic rings. The highest BCUT2D eigenvalue weighted by Crippen LogP contribution is 2.30. The Balaban J connectivity index is 1.61. The van der Waals surface area contributed by atoms with Crippen molar-refractivity contribution >= 4 is 22.6 Å². The number of carbonyl (C=O) groups is 1. The third-order valence-electron chi connectivity index (χ3n) is 6.08. The lowest BCUT2D eigenvalue weighted by Crippen LogP contribution is -2.35. The topological polar surface area (TPSA) is 92.3 Å².